The fourth-order valence-electron chi connectivity index (χ4n) is 4.71. The van der Waals surface area contributed by atoms with Gasteiger partial charge in [-0.25, -0.2) is 9.97 Å². The number of thiazole rings is 1. The van der Waals surface area contributed by atoms with Crippen molar-refractivity contribution in [1.29, 1.82) is 0 Å². The van der Waals surface area contributed by atoms with Crippen LogP contribution in [0.5, 0.6) is 10.9 Å². The second kappa shape index (κ2) is 7.72. The van der Waals surface area contributed by atoms with Gasteiger partial charge < -0.3 is 10.1 Å². The summed E-state index contributed by atoms with van der Waals surface area (Å²) in [6.45, 7) is 2.57. The summed E-state index contributed by atoms with van der Waals surface area (Å²) in [5.41, 5.74) is 2.15. The van der Waals surface area contributed by atoms with Crippen molar-refractivity contribution < 1.29 is 9.53 Å². The first-order valence-corrected chi connectivity index (χ1v) is 11.0. The molecule has 3 atom stereocenters. The van der Waals surface area contributed by atoms with Crippen LogP contribution in [0.2, 0.25) is 0 Å². The second-order valence-corrected chi connectivity index (χ2v) is 8.92. The van der Waals surface area contributed by atoms with E-state index in [0.29, 0.717) is 23.3 Å². The Balaban J connectivity index is 1.22. The standard InChI is InChI=1S/C22H24N4O2S/c1-14(27)24-16-11-17-6-7-18(12-16)26(17)13-15-4-8-19(9-5-15)28-22-25-20-3-2-10-23-21(20)29-22/h2-5,8-10,16-18H,6-7,11-13H2,1H3,(H,24,27)/t16?,17-,18?/m0/s1. The van der Waals surface area contributed by atoms with Crippen LogP contribution in [0.4, 0.5) is 0 Å². The third-order valence-electron chi connectivity index (χ3n) is 5.93. The summed E-state index contributed by atoms with van der Waals surface area (Å²) in [5.74, 6) is 0.877. The zero-order valence-electron chi connectivity index (χ0n) is 16.4. The Morgan fingerprint density at radius 2 is 1.97 bits per heavy atom. The number of hydrogen-bond acceptors (Lipinski definition) is 6. The molecule has 29 heavy (non-hydrogen) atoms. The summed E-state index contributed by atoms with van der Waals surface area (Å²) in [7, 11) is 0. The van der Waals surface area contributed by atoms with Crippen molar-refractivity contribution in [2.75, 3.05) is 0 Å². The lowest BCUT2D eigenvalue weighted by molar-refractivity contribution is -0.120. The molecule has 0 spiro atoms. The monoisotopic (exact) mass is 408 g/mol. The van der Waals surface area contributed by atoms with E-state index in [0.717, 1.165) is 35.5 Å². The summed E-state index contributed by atoms with van der Waals surface area (Å²) >= 11 is 1.46. The van der Waals surface area contributed by atoms with E-state index < -0.39 is 0 Å². The molecule has 6 nitrogen and oxygen atoms in total. The van der Waals surface area contributed by atoms with Crippen molar-refractivity contribution in [3.05, 3.63) is 48.2 Å². The molecular formula is C22H24N4O2S. The second-order valence-electron chi connectivity index (χ2n) is 7.98. The molecule has 2 unspecified atom stereocenters. The number of ether oxygens (including phenoxy) is 1. The number of rotatable bonds is 5. The van der Waals surface area contributed by atoms with Gasteiger partial charge in [-0.15, -0.1) is 0 Å². The van der Waals surface area contributed by atoms with E-state index in [9.17, 15) is 4.79 Å². The molecule has 2 saturated heterocycles. The first-order chi connectivity index (χ1) is 14.1. The van der Waals surface area contributed by atoms with Crippen LogP contribution in [0.25, 0.3) is 10.3 Å². The highest BCUT2D eigenvalue weighted by Gasteiger charge is 2.40. The minimum Gasteiger partial charge on any atom is -0.431 e. The maximum atomic E-state index is 11.4. The van der Waals surface area contributed by atoms with Crippen molar-refractivity contribution >= 4 is 27.6 Å². The molecule has 0 radical (unpaired) electrons. The normalized spacial score (nSPS) is 24.0. The molecular weight excluding hydrogens is 384 g/mol. The van der Waals surface area contributed by atoms with Gasteiger partial charge in [-0.1, -0.05) is 23.5 Å². The Hall–Kier alpha value is -2.51. The van der Waals surface area contributed by atoms with E-state index >= 15 is 0 Å². The van der Waals surface area contributed by atoms with Gasteiger partial charge in [0.25, 0.3) is 5.19 Å². The van der Waals surface area contributed by atoms with Gasteiger partial charge >= 0.3 is 0 Å². The lowest BCUT2D eigenvalue weighted by atomic mass is 9.96. The smallest absolute Gasteiger partial charge is 0.281 e. The van der Waals surface area contributed by atoms with Gasteiger partial charge in [0.05, 0.1) is 0 Å². The fourth-order valence-corrected chi connectivity index (χ4v) is 5.48. The Kier molecular flexibility index (Phi) is 4.93. The largest absolute Gasteiger partial charge is 0.431 e. The van der Waals surface area contributed by atoms with Crippen LogP contribution in [-0.4, -0.2) is 38.9 Å². The number of hydrogen-bond donors (Lipinski definition) is 1. The summed E-state index contributed by atoms with van der Waals surface area (Å²) < 4.78 is 5.93. The van der Waals surface area contributed by atoms with E-state index in [4.69, 9.17) is 4.74 Å². The molecule has 0 saturated carbocycles. The van der Waals surface area contributed by atoms with Gasteiger partial charge in [0.1, 0.15) is 16.1 Å². The van der Waals surface area contributed by atoms with Gasteiger partial charge in [-0.3, -0.25) is 9.69 Å². The van der Waals surface area contributed by atoms with E-state index in [1.54, 1.807) is 13.1 Å². The number of nitrogens with one attached hydrogen (secondary N) is 1. The number of carbonyl (C=O) groups excluding carboxylic acids is 1. The fraction of sp³-hybridized carbons (Fsp3) is 0.409. The Morgan fingerprint density at radius 3 is 2.66 bits per heavy atom. The lowest BCUT2D eigenvalue weighted by Gasteiger charge is -2.39. The molecule has 150 valence electrons. The van der Waals surface area contributed by atoms with Crippen molar-refractivity contribution in [3.63, 3.8) is 0 Å². The maximum Gasteiger partial charge on any atom is 0.281 e. The topological polar surface area (TPSA) is 67.4 Å². The predicted molar refractivity (Wildman–Crippen MR) is 113 cm³/mol. The van der Waals surface area contributed by atoms with E-state index in [2.05, 4.69) is 32.3 Å². The van der Waals surface area contributed by atoms with Gasteiger partial charge in [0.15, 0.2) is 0 Å². The molecule has 2 bridgehead atoms. The molecule has 1 amide bonds. The Bertz CT molecular complexity index is 972. The van der Waals surface area contributed by atoms with Crippen LogP contribution in [0.15, 0.2) is 42.6 Å². The third kappa shape index (κ3) is 3.97. The Morgan fingerprint density at radius 1 is 1.21 bits per heavy atom. The number of fused-ring (bicyclic) bond motifs is 3. The number of carbonyl (C=O) groups is 1. The zero-order chi connectivity index (χ0) is 19.8. The van der Waals surface area contributed by atoms with Crippen LogP contribution in [0.3, 0.4) is 0 Å². The molecule has 2 fully saturated rings. The number of aromatic nitrogens is 2. The van der Waals surface area contributed by atoms with Crippen molar-refractivity contribution in [1.82, 2.24) is 20.2 Å². The molecule has 1 aromatic carbocycles. The van der Waals surface area contributed by atoms with Crippen molar-refractivity contribution in [2.45, 2.75) is 57.3 Å². The molecule has 2 aromatic heterocycles. The molecule has 4 heterocycles. The molecule has 2 aliphatic rings. The molecule has 2 aliphatic heterocycles. The van der Waals surface area contributed by atoms with Gasteiger partial charge in [0.2, 0.25) is 5.91 Å². The highest BCUT2D eigenvalue weighted by molar-refractivity contribution is 7.19. The van der Waals surface area contributed by atoms with Gasteiger partial charge in [-0.2, -0.15) is 0 Å². The molecule has 3 aromatic rings. The van der Waals surface area contributed by atoms with Crippen molar-refractivity contribution in [2.24, 2.45) is 0 Å². The number of benzene rings is 1. The van der Waals surface area contributed by atoms with E-state index in [1.165, 1.54) is 29.7 Å². The van der Waals surface area contributed by atoms with Crippen LogP contribution in [0.1, 0.15) is 38.2 Å². The molecule has 0 aliphatic carbocycles. The highest BCUT2D eigenvalue weighted by atomic mass is 32.1. The summed E-state index contributed by atoms with van der Waals surface area (Å²) in [4.78, 5) is 23.7. The van der Waals surface area contributed by atoms with E-state index in [-0.39, 0.29) is 5.91 Å². The number of nitrogens with zero attached hydrogens (tertiary/aromatic N) is 3. The number of amides is 1. The lowest BCUT2D eigenvalue weighted by Crippen LogP contribution is -2.49. The van der Waals surface area contributed by atoms with Crippen LogP contribution in [-0.2, 0) is 11.3 Å². The number of piperidine rings is 1. The minimum absolute atomic E-state index is 0.0855. The quantitative estimate of drug-likeness (QED) is 0.688. The average Bonchev–Trinajstić information content (AvgIpc) is 3.20. The van der Waals surface area contributed by atoms with E-state index in [1.807, 2.05) is 24.3 Å². The molecule has 5 rings (SSSR count). The molecule has 7 heteroatoms. The van der Waals surface area contributed by atoms with Crippen LogP contribution >= 0.6 is 11.3 Å². The predicted octanol–water partition coefficient (Wildman–Crippen LogP) is 4.12. The average molecular weight is 409 g/mol. The third-order valence-corrected chi connectivity index (χ3v) is 6.79. The number of pyridine rings is 1. The maximum absolute atomic E-state index is 11.4. The van der Waals surface area contributed by atoms with Gasteiger partial charge in [-0.05, 0) is 55.5 Å². The first kappa shape index (κ1) is 18.5. The summed E-state index contributed by atoms with van der Waals surface area (Å²) in [6, 6.07) is 13.6. The summed E-state index contributed by atoms with van der Waals surface area (Å²) in [6.07, 6.45) is 6.35. The van der Waals surface area contributed by atoms with Crippen LogP contribution in [0, 0.1) is 0 Å². The first-order valence-electron chi connectivity index (χ1n) is 10.2. The van der Waals surface area contributed by atoms with Crippen LogP contribution < -0.4 is 10.1 Å². The minimum atomic E-state index is 0.0855. The highest BCUT2D eigenvalue weighted by Crippen LogP contribution is 2.37. The van der Waals surface area contributed by atoms with Crippen molar-refractivity contribution in [3.8, 4) is 10.9 Å². The molecule has 1 N–H and O–H groups in total. The summed E-state index contributed by atoms with van der Waals surface area (Å²) in [5, 5.41) is 3.73. The zero-order valence-corrected chi connectivity index (χ0v) is 17.2. The van der Waals surface area contributed by atoms with Gasteiger partial charge in [0, 0.05) is 37.8 Å². The SMILES string of the molecule is CC(=O)NC1CC2CC[C@@H](C1)N2Cc1ccc(Oc2nc3cccnc3s2)cc1. The Labute approximate surface area is 173 Å².